The highest BCUT2D eigenvalue weighted by molar-refractivity contribution is 7.78. The zero-order valence-electron chi connectivity index (χ0n) is 15.8. The molecule has 0 heterocycles. The third-order valence-corrected chi connectivity index (χ3v) is 4.05. The van der Waals surface area contributed by atoms with Crippen molar-refractivity contribution < 1.29 is 39.6 Å². The second-order valence-electron chi connectivity index (χ2n) is 6.38. The number of benzene rings is 1. The summed E-state index contributed by atoms with van der Waals surface area (Å²) in [6.07, 6.45) is 0.151. The van der Waals surface area contributed by atoms with Crippen LogP contribution in [-0.4, -0.2) is 98.0 Å². The summed E-state index contributed by atoms with van der Waals surface area (Å²) in [4.78, 5) is 50.7. The highest BCUT2D eigenvalue weighted by Gasteiger charge is 2.27. The van der Waals surface area contributed by atoms with Gasteiger partial charge in [-0.3, -0.25) is 29.0 Å². The van der Waals surface area contributed by atoms with Crippen molar-refractivity contribution in [2.24, 2.45) is 4.99 Å². The molecule has 0 amide bonds. The van der Waals surface area contributed by atoms with Crippen LogP contribution in [0.3, 0.4) is 0 Å². The lowest BCUT2D eigenvalue weighted by Gasteiger charge is -2.33. The van der Waals surface area contributed by atoms with Crippen LogP contribution in [-0.2, 0) is 25.6 Å². The molecule has 0 spiro atoms. The van der Waals surface area contributed by atoms with Gasteiger partial charge in [-0.15, -0.1) is 0 Å². The topological polar surface area (TPSA) is 168 Å². The molecule has 1 atom stereocenters. The average molecular weight is 439 g/mol. The molecule has 1 aromatic carbocycles. The van der Waals surface area contributed by atoms with E-state index in [4.69, 9.17) is 20.4 Å². The summed E-state index contributed by atoms with van der Waals surface area (Å²) in [5.41, 5.74) is 1.23. The van der Waals surface area contributed by atoms with Crippen LogP contribution in [0.15, 0.2) is 29.3 Å². The fourth-order valence-electron chi connectivity index (χ4n) is 2.87. The minimum Gasteiger partial charge on any atom is -0.480 e. The Morgan fingerprint density at radius 2 is 1.33 bits per heavy atom. The molecule has 12 heteroatoms. The summed E-state index contributed by atoms with van der Waals surface area (Å²) in [5, 5.41) is 38.7. The predicted molar refractivity (Wildman–Crippen MR) is 107 cm³/mol. The first-order valence-electron chi connectivity index (χ1n) is 8.61. The van der Waals surface area contributed by atoms with Crippen LogP contribution in [0.25, 0.3) is 0 Å². The minimum absolute atomic E-state index is 0.151. The summed E-state index contributed by atoms with van der Waals surface area (Å²) in [6.45, 7) is -2.59. The van der Waals surface area contributed by atoms with Gasteiger partial charge in [0.15, 0.2) is 0 Å². The van der Waals surface area contributed by atoms with Crippen molar-refractivity contribution in [1.29, 1.82) is 0 Å². The first-order chi connectivity index (χ1) is 14.1. The predicted octanol–water partition coefficient (Wildman–Crippen LogP) is 0.274. The van der Waals surface area contributed by atoms with Crippen molar-refractivity contribution in [2.45, 2.75) is 12.5 Å². The first-order valence-corrected chi connectivity index (χ1v) is 9.02. The number of aliphatic carboxylic acids is 4. The lowest BCUT2D eigenvalue weighted by Crippen LogP contribution is -2.50. The molecule has 0 bridgehead atoms. The highest BCUT2D eigenvalue weighted by atomic mass is 32.1. The maximum Gasteiger partial charge on any atom is 0.317 e. The van der Waals surface area contributed by atoms with E-state index in [9.17, 15) is 19.2 Å². The van der Waals surface area contributed by atoms with E-state index in [0.29, 0.717) is 11.3 Å². The Morgan fingerprint density at radius 3 is 1.73 bits per heavy atom. The van der Waals surface area contributed by atoms with Crippen LogP contribution in [0.2, 0.25) is 0 Å². The van der Waals surface area contributed by atoms with Crippen molar-refractivity contribution in [1.82, 2.24) is 9.80 Å². The number of nitrogens with zero attached hydrogens (tertiary/aromatic N) is 3. The zero-order valence-corrected chi connectivity index (χ0v) is 16.6. The fourth-order valence-corrected chi connectivity index (χ4v) is 2.97. The summed E-state index contributed by atoms with van der Waals surface area (Å²) in [7, 11) is 0. The Bertz CT molecular complexity index is 791. The molecule has 0 aliphatic heterocycles. The number of thiocarbonyl (C=S) groups is 1. The Kier molecular flexibility index (Phi) is 10.3. The summed E-state index contributed by atoms with van der Waals surface area (Å²) < 4.78 is 0. The van der Waals surface area contributed by atoms with Crippen LogP contribution in [0.4, 0.5) is 5.69 Å². The molecule has 162 valence electrons. The third kappa shape index (κ3) is 9.85. The second kappa shape index (κ2) is 12.4. The van der Waals surface area contributed by atoms with Crippen molar-refractivity contribution in [3.05, 3.63) is 29.8 Å². The molecular weight excluding hydrogens is 418 g/mol. The second-order valence-corrected chi connectivity index (χ2v) is 6.56. The van der Waals surface area contributed by atoms with Gasteiger partial charge in [0.1, 0.15) is 0 Å². The van der Waals surface area contributed by atoms with Crippen molar-refractivity contribution in [3.63, 3.8) is 0 Å². The van der Waals surface area contributed by atoms with Crippen molar-refractivity contribution >= 4 is 46.9 Å². The largest absolute Gasteiger partial charge is 0.480 e. The first kappa shape index (κ1) is 24.9. The number of isothiocyanates is 1. The number of carbonyl (C=O) groups is 4. The standard InChI is InChI=1S/C18H21N3O8S/c22-15(23)7-20(8-16(24)25)6-14(21(9-17(26)27)10-18(28)29)5-12-1-3-13(4-2-12)19-11-30/h1-4,14H,5-10H2,(H,22,23)(H,24,25)(H,26,27)(H,28,29)/t14-/m0/s1. The van der Waals surface area contributed by atoms with E-state index in [1.807, 2.05) is 0 Å². The number of carboxylic acids is 4. The van der Waals surface area contributed by atoms with Crippen LogP contribution in [0, 0.1) is 0 Å². The van der Waals surface area contributed by atoms with E-state index in [1.165, 1.54) is 0 Å². The number of carboxylic acid groups (broad SMARTS) is 4. The SMILES string of the molecule is O=C(O)CN(CC(=O)O)C[C@H](Cc1ccc(N=C=S)cc1)N(CC(=O)O)CC(=O)O. The zero-order chi connectivity index (χ0) is 22.7. The van der Waals surface area contributed by atoms with Crippen LogP contribution >= 0.6 is 12.2 Å². The number of hydrogen-bond donors (Lipinski definition) is 4. The molecule has 0 aliphatic carbocycles. The van der Waals surface area contributed by atoms with E-state index < -0.39 is 56.1 Å². The summed E-state index contributed by atoms with van der Waals surface area (Å²) in [6, 6.07) is 5.84. The van der Waals surface area contributed by atoms with Crippen molar-refractivity contribution in [3.8, 4) is 0 Å². The Balaban J connectivity index is 3.20. The molecule has 0 aliphatic rings. The number of aliphatic imine (C=N–C) groups is 1. The van der Waals surface area contributed by atoms with E-state index in [0.717, 1.165) is 9.80 Å². The van der Waals surface area contributed by atoms with Gasteiger partial charge >= 0.3 is 23.9 Å². The molecule has 0 saturated carbocycles. The van der Waals surface area contributed by atoms with Gasteiger partial charge in [0.2, 0.25) is 0 Å². The molecule has 4 N–H and O–H groups in total. The lowest BCUT2D eigenvalue weighted by molar-refractivity contribution is -0.146. The Hall–Kier alpha value is -3.18. The van der Waals surface area contributed by atoms with Crippen LogP contribution in [0.5, 0.6) is 0 Å². The molecular formula is C18H21N3O8S. The fraction of sp³-hybridized carbons (Fsp3) is 0.389. The Labute approximate surface area is 176 Å². The van der Waals surface area contributed by atoms with E-state index in [1.54, 1.807) is 24.3 Å². The highest BCUT2D eigenvalue weighted by Crippen LogP contribution is 2.16. The molecule has 30 heavy (non-hydrogen) atoms. The lowest BCUT2D eigenvalue weighted by atomic mass is 10.0. The van der Waals surface area contributed by atoms with Gasteiger partial charge in [-0.2, -0.15) is 4.99 Å². The van der Waals surface area contributed by atoms with Gasteiger partial charge < -0.3 is 20.4 Å². The van der Waals surface area contributed by atoms with Gasteiger partial charge in [-0.1, -0.05) is 12.1 Å². The van der Waals surface area contributed by atoms with E-state index >= 15 is 0 Å². The van der Waals surface area contributed by atoms with Crippen LogP contribution in [0.1, 0.15) is 5.56 Å². The third-order valence-electron chi connectivity index (χ3n) is 3.96. The van der Waals surface area contributed by atoms with Crippen molar-refractivity contribution in [2.75, 3.05) is 32.7 Å². The van der Waals surface area contributed by atoms with E-state index in [2.05, 4.69) is 22.4 Å². The molecule has 1 aromatic rings. The minimum atomic E-state index is -1.27. The quantitative estimate of drug-likeness (QED) is 0.232. The van der Waals surface area contributed by atoms with Crippen LogP contribution < -0.4 is 0 Å². The maximum absolute atomic E-state index is 11.2. The van der Waals surface area contributed by atoms with Gasteiger partial charge in [-0.05, 0) is 36.3 Å². The smallest absolute Gasteiger partial charge is 0.317 e. The number of hydrogen-bond acceptors (Lipinski definition) is 8. The molecule has 0 aromatic heterocycles. The number of rotatable bonds is 14. The maximum atomic E-state index is 11.2. The normalized spacial score (nSPS) is 11.7. The monoisotopic (exact) mass is 439 g/mol. The molecule has 0 radical (unpaired) electrons. The molecule has 0 saturated heterocycles. The molecule has 0 fully saturated rings. The van der Waals surface area contributed by atoms with Gasteiger partial charge in [0.25, 0.3) is 0 Å². The molecule has 0 unspecified atom stereocenters. The van der Waals surface area contributed by atoms with Gasteiger partial charge in [0.05, 0.1) is 37.0 Å². The summed E-state index contributed by atoms with van der Waals surface area (Å²) >= 11 is 4.53. The molecule has 1 rings (SSSR count). The summed E-state index contributed by atoms with van der Waals surface area (Å²) in [5.74, 6) is -5.06. The van der Waals surface area contributed by atoms with E-state index in [-0.39, 0.29) is 13.0 Å². The van der Waals surface area contributed by atoms with Gasteiger partial charge in [-0.25, -0.2) is 0 Å². The molecule has 11 nitrogen and oxygen atoms in total. The average Bonchev–Trinajstić information content (AvgIpc) is 2.60. The van der Waals surface area contributed by atoms with Gasteiger partial charge in [0, 0.05) is 12.6 Å². The Morgan fingerprint density at radius 1 is 0.867 bits per heavy atom.